The lowest BCUT2D eigenvalue weighted by Crippen LogP contribution is -2.43. The largest absolute Gasteiger partial charge is 0.464 e. The maximum Gasteiger partial charge on any atom is 0.328 e. The van der Waals surface area contributed by atoms with E-state index in [0.717, 1.165) is 12.1 Å². The quantitative estimate of drug-likeness (QED) is 0.654. The highest BCUT2D eigenvalue weighted by Crippen LogP contribution is 2.44. The molecule has 3 atom stereocenters. The molecule has 19 heavy (non-hydrogen) atoms. The molecule has 1 aliphatic heterocycles. The molecule has 0 saturated heterocycles. The zero-order chi connectivity index (χ0) is 13.4. The van der Waals surface area contributed by atoms with Crippen LogP contribution in [0.15, 0.2) is 30.4 Å². The van der Waals surface area contributed by atoms with Gasteiger partial charge in [0.1, 0.15) is 6.04 Å². The van der Waals surface area contributed by atoms with E-state index in [4.69, 9.17) is 4.74 Å². The molecule has 0 unspecified atom stereocenters. The van der Waals surface area contributed by atoms with E-state index in [2.05, 4.69) is 42.6 Å². The third-order valence-electron chi connectivity index (χ3n) is 4.06. The van der Waals surface area contributed by atoms with Crippen LogP contribution in [0, 0.1) is 12.8 Å². The maximum atomic E-state index is 12.1. The smallest absolute Gasteiger partial charge is 0.328 e. The van der Waals surface area contributed by atoms with Crippen LogP contribution >= 0.6 is 0 Å². The molecule has 3 heteroatoms. The number of nitrogens with one attached hydrogen (secondary N) is 1. The van der Waals surface area contributed by atoms with Crippen molar-refractivity contribution in [3.8, 4) is 0 Å². The summed E-state index contributed by atoms with van der Waals surface area (Å²) in [6, 6.07) is 6.14. The molecule has 1 heterocycles. The van der Waals surface area contributed by atoms with E-state index in [-0.39, 0.29) is 17.9 Å². The van der Waals surface area contributed by atoms with Crippen molar-refractivity contribution in [2.24, 2.45) is 5.92 Å². The van der Waals surface area contributed by atoms with Gasteiger partial charge in [0.25, 0.3) is 0 Å². The summed E-state index contributed by atoms with van der Waals surface area (Å²) in [6.45, 7) is 4.39. The van der Waals surface area contributed by atoms with Gasteiger partial charge in [0, 0.05) is 17.5 Å². The minimum Gasteiger partial charge on any atom is -0.464 e. The summed E-state index contributed by atoms with van der Waals surface area (Å²) in [7, 11) is 0. The first-order valence-corrected chi connectivity index (χ1v) is 6.91. The Labute approximate surface area is 113 Å². The SMILES string of the molecule is CCOC(=O)[C@@H]1Nc2ccc(C)cc2[C@@H]2C=CC[C@H]12. The number of hydrogen-bond acceptors (Lipinski definition) is 3. The van der Waals surface area contributed by atoms with Crippen LogP contribution in [-0.2, 0) is 9.53 Å². The Balaban J connectivity index is 1.97. The van der Waals surface area contributed by atoms with Crippen molar-refractivity contribution < 1.29 is 9.53 Å². The van der Waals surface area contributed by atoms with Crippen LogP contribution < -0.4 is 5.32 Å². The summed E-state index contributed by atoms with van der Waals surface area (Å²) in [5.41, 5.74) is 3.63. The van der Waals surface area contributed by atoms with Crippen LogP contribution in [0.25, 0.3) is 0 Å². The molecule has 0 amide bonds. The highest BCUT2D eigenvalue weighted by atomic mass is 16.5. The normalized spacial score (nSPS) is 27.4. The third-order valence-corrected chi connectivity index (χ3v) is 4.06. The van der Waals surface area contributed by atoms with Crippen LogP contribution in [0.5, 0.6) is 0 Å². The van der Waals surface area contributed by atoms with Crippen LogP contribution in [0.4, 0.5) is 5.69 Å². The lowest BCUT2D eigenvalue weighted by Gasteiger charge is -2.35. The van der Waals surface area contributed by atoms with Crippen molar-refractivity contribution >= 4 is 11.7 Å². The highest BCUT2D eigenvalue weighted by Gasteiger charge is 2.41. The Morgan fingerprint density at radius 2 is 2.32 bits per heavy atom. The van der Waals surface area contributed by atoms with Crippen LogP contribution in [-0.4, -0.2) is 18.6 Å². The second-order valence-electron chi connectivity index (χ2n) is 5.32. The van der Waals surface area contributed by atoms with Gasteiger partial charge in [-0.3, -0.25) is 0 Å². The van der Waals surface area contributed by atoms with Gasteiger partial charge in [-0.25, -0.2) is 4.79 Å². The Hall–Kier alpha value is -1.77. The van der Waals surface area contributed by atoms with Crippen LogP contribution in [0.1, 0.15) is 30.4 Å². The van der Waals surface area contributed by atoms with Gasteiger partial charge in [-0.1, -0.05) is 29.8 Å². The lowest BCUT2D eigenvalue weighted by molar-refractivity contribution is -0.145. The van der Waals surface area contributed by atoms with Gasteiger partial charge in [0.05, 0.1) is 6.61 Å². The van der Waals surface area contributed by atoms with E-state index in [1.54, 1.807) is 0 Å². The molecule has 1 N–H and O–H groups in total. The minimum absolute atomic E-state index is 0.132. The summed E-state index contributed by atoms with van der Waals surface area (Å²) < 4.78 is 5.20. The zero-order valence-electron chi connectivity index (χ0n) is 11.3. The summed E-state index contributed by atoms with van der Waals surface area (Å²) in [5, 5.41) is 3.37. The van der Waals surface area contributed by atoms with Crippen molar-refractivity contribution in [2.75, 3.05) is 11.9 Å². The van der Waals surface area contributed by atoms with Crippen molar-refractivity contribution in [1.29, 1.82) is 0 Å². The molecule has 0 spiro atoms. The van der Waals surface area contributed by atoms with E-state index in [1.165, 1.54) is 11.1 Å². The number of hydrogen-bond donors (Lipinski definition) is 1. The monoisotopic (exact) mass is 257 g/mol. The van der Waals surface area contributed by atoms with Crippen molar-refractivity contribution in [3.63, 3.8) is 0 Å². The lowest BCUT2D eigenvalue weighted by atomic mass is 9.79. The van der Waals surface area contributed by atoms with Gasteiger partial charge in [-0.15, -0.1) is 0 Å². The molecular weight excluding hydrogens is 238 g/mol. The molecule has 0 saturated carbocycles. The Morgan fingerprint density at radius 1 is 1.47 bits per heavy atom. The number of ether oxygens (including phenoxy) is 1. The van der Waals surface area contributed by atoms with E-state index >= 15 is 0 Å². The number of anilines is 1. The number of carbonyl (C=O) groups excluding carboxylic acids is 1. The zero-order valence-corrected chi connectivity index (χ0v) is 11.3. The number of aryl methyl sites for hydroxylation is 1. The predicted octanol–water partition coefficient (Wildman–Crippen LogP) is 3.01. The first-order valence-electron chi connectivity index (χ1n) is 6.91. The minimum atomic E-state index is -0.227. The number of allylic oxidation sites excluding steroid dienone is 2. The molecule has 100 valence electrons. The third kappa shape index (κ3) is 2.03. The molecule has 0 bridgehead atoms. The van der Waals surface area contributed by atoms with Crippen molar-refractivity contribution in [1.82, 2.24) is 0 Å². The fourth-order valence-corrected chi connectivity index (χ4v) is 3.18. The van der Waals surface area contributed by atoms with Crippen molar-refractivity contribution in [3.05, 3.63) is 41.5 Å². The van der Waals surface area contributed by atoms with Crippen molar-refractivity contribution in [2.45, 2.75) is 32.2 Å². The number of benzene rings is 1. The van der Waals surface area contributed by atoms with Crippen LogP contribution in [0.2, 0.25) is 0 Å². The van der Waals surface area contributed by atoms with E-state index in [9.17, 15) is 4.79 Å². The van der Waals surface area contributed by atoms with Gasteiger partial charge in [0.15, 0.2) is 0 Å². The first kappa shape index (κ1) is 12.3. The molecule has 0 radical (unpaired) electrons. The summed E-state index contributed by atoms with van der Waals surface area (Å²) >= 11 is 0. The van der Waals surface area contributed by atoms with E-state index in [0.29, 0.717) is 12.5 Å². The predicted molar refractivity (Wildman–Crippen MR) is 75.2 cm³/mol. The summed E-state index contributed by atoms with van der Waals surface area (Å²) in [4.78, 5) is 12.1. The summed E-state index contributed by atoms with van der Waals surface area (Å²) in [5.74, 6) is 0.492. The summed E-state index contributed by atoms with van der Waals surface area (Å²) in [6.07, 6.45) is 5.35. The number of fused-ring (bicyclic) bond motifs is 3. The fraction of sp³-hybridized carbons (Fsp3) is 0.438. The molecule has 2 aliphatic rings. The Morgan fingerprint density at radius 3 is 3.11 bits per heavy atom. The Bertz CT molecular complexity index is 536. The van der Waals surface area contributed by atoms with Gasteiger partial charge >= 0.3 is 5.97 Å². The average Bonchev–Trinajstić information content (AvgIpc) is 2.87. The van der Waals surface area contributed by atoms with Gasteiger partial charge in [-0.05, 0) is 31.9 Å². The molecule has 1 aliphatic carbocycles. The molecule has 0 fully saturated rings. The molecule has 1 aromatic rings. The standard InChI is InChI=1S/C16H19NO2/c1-3-19-16(18)15-12-6-4-5-11(12)13-9-10(2)7-8-14(13)17-15/h4-5,7-9,11-12,15,17H,3,6H2,1-2H3/t11-,12+,15-/m1/s1. The molecular formula is C16H19NO2. The van der Waals surface area contributed by atoms with Crippen LogP contribution in [0.3, 0.4) is 0 Å². The molecule has 3 nitrogen and oxygen atoms in total. The van der Waals surface area contributed by atoms with Gasteiger partial charge in [0.2, 0.25) is 0 Å². The number of carbonyl (C=O) groups is 1. The average molecular weight is 257 g/mol. The maximum absolute atomic E-state index is 12.1. The van der Waals surface area contributed by atoms with E-state index < -0.39 is 0 Å². The first-order chi connectivity index (χ1) is 9.20. The fourth-order valence-electron chi connectivity index (χ4n) is 3.18. The van der Waals surface area contributed by atoms with Gasteiger partial charge < -0.3 is 10.1 Å². The molecule has 0 aromatic heterocycles. The topological polar surface area (TPSA) is 38.3 Å². The highest BCUT2D eigenvalue weighted by molar-refractivity contribution is 5.82. The second kappa shape index (κ2) is 4.72. The van der Waals surface area contributed by atoms with Gasteiger partial charge in [-0.2, -0.15) is 0 Å². The van der Waals surface area contributed by atoms with E-state index in [1.807, 2.05) is 6.92 Å². The molecule has 1 aromatic carbocycles. The number of rotatable bonds is 2. The Kier molecular flexibility index (Phi) is 3.05. The number of esters is 1. The second-order valence-corrected chi connectivity index (χ2v) is 5.32. The molecule has 3 rings (SSSR count).